The quantitative estimate of drug-likeness (QED) is 0.732. The largest absolute Gasteiger partial charge is 0.383 e. The summed E-state index contributed by atoms with van der Waals surface area (Å²) in [5.74, 6) is 0.811. The van der Waals surface area contributed by atoms with Gasteiger partial charge in [-0.25, -0.2) is 0 Å². The summed E-state index contributed by atoms with van der Waals surface area (Å²) in [4.78, 5) is 11.5. The molecular weight excluding hydrogens is 178 g/mol. The number of rotatable bonds is 5. The van der Waals surface area contributed by atoms with Gasteiger partial charge in [0.25, 0.3) is 0 Å². The second-order valence-corrected chi connectivity index (χ2v) is 4.28. The summed E-state index contributed by atoms with van der Waals surface area (Å²) >= 11 is 0. The molecule has 0 aromatic heterocycles. The highest BCUT2D eigenvalue weighted by atomic mass is 16.5. The molecule has 0 saturated heterocycles. The summed E-state index contributed by atoms with van der Waals surface area (Å²) in [5, 5.41) is 2.94. The molecule has 0 radical (unpaired) electrons. The standard InChI is InChI=1S/C11H21NO2/c1-9(8-14-2)12-11(13)7-10-5-3-4-6-10/h9-10H,3-8H2,1-2H3,(H,12,13)/t9-/m0/s1. The van der Waals surface area contributed by atoms with Gasteiger partial charge >= 0.3 is 0 Å². The second-order valence-electron chi connectivity index (χ2n) is 4.28. The molecule has 0 unspecified atom stereocenters. The molecule has 3 heteroatoms. The Balaban J connectivity index is 2.14. The van der Waals surface area contributed by atoms with Crippen LogP contribution in [0.15, 0.2) is 0 Å². The SMILES string of the molecule is COC[C@H](C)NC(=O)CC1CCCC1. The van der Waals surface area contributed by atoms with E-state index in [1.54, 1.807) is 7.11 Å². The number of ether oxygens (including phenoxy) is 1. The van der Waals surface area contributed by atoms with Crippen LogP contribution in [-0.2, 0) is 9.53 Å². The lowest BCUT2D eigenvalue weighted by molar-refractivity contribution is -0.122. The molecule has 0 spiro atoms. The van der Waals surface area contributed by atoms with Gasteiger partial charge in [-0.2, -0.15) is 0 Å². The van der Waals surface area contributed by atoms with Gasteiger partial charge in [0, 0.05) is 19.6 Å². The number of nitrogens with one attached hydrogen (secondary N) is 1. The van der Waals surface area contributed by atoms with Crippen molar-refractivity contribution in [3.8, 4) is 0 Å². The average Bonchev–Trinajstić information content (AvgIpc) is 2.56. The van der Waals surface area contributed by atoms with E-state index in [2.05, 4.69) is 5.32 Å². The minimum atomic E-state index is 0.133. The van der Waals surface area contributed by atoms with Gasteiger partial charge in [-0.3, -0.25) is 4.79 Å². The van der Waals surface area contributed by atoms with Gasteiger partial charge in [0.15, 0.2) is 0 Å². The molecule has 1 aliphatic carbocycles. The highest BCUT2D eigenvalue weighted by Crippen LogP contribution is 2.27. The van der Waals surface area contributed by atoms with E-state index in [0.717, 1.165) is 0 Å². The first-order valence-electron chi connectivity index (χ1n) is 5.50. The molecule has 1 rings (SSSR count). The number of hydrogen-bond donors (Lipinski definition) is 1. The molecular formula is C11H21NO2. The molecule has 0 aliphatic heterocycles. The van der Waals surface area contributed by atoms with Gasteiger partial charge in [0.1, 0.15) is 0 Å². The Morgan fingerprint density at radius 3 is 2.71 bits per heavy atom. The minimum Gasteiger partial charge on any atom is -0.383 e. The van der Waals surface area contributed by atoms with Crippen molar-refractivity contribution in [2.24, 2.45) is 5.92 Å². The first-order valence-corrected chi connectivity index (χ1v) is 5.50. The molecule has 14 heavy (non-hydrogen) atoms. The number of carbonyl (C=O) groups excluding carboxylic acids is 1. The molecule has 3 nitrogen and oxygen atoms in total. The van der Waals surface area contributed by atoms with Gasteiger partial charge in [0.05, 0.1) is 6.61 Å². The van der Waals surface area contributed by atoms with Crippen LogP contribution in [0.4, 0.5) is 0 Å². The lowest BCUT2D eigenvalue weighted by Gasteiger charge is -2.14. The summed E-state index contributed by atoms with van der Waals surface area (Å²) in [6.45, 7) is 2.56. The van der Waals surface area contributed by atoms with E-state index < -0.39 is 0 Å². The zero-order valence-electron chi connectivity index (χ0n) is 9.21. The highest BCUT2D eigenvalue weighted by molar-refractivity contribution is 5.76. The zero-order valence-corrected chi connectivity index (χ0v) is 9.21. The van der Waals surface area contributed by atoms with Crippen LogP contribution in [0.3, 0.4) is 0 Å². The zero-order chi connectivity index (χ0) is 10.4. The van der Waals surface area contributed by atoms with Crippen LogP contribution in [0.25, 0.3) is 0 Å². The molecule has 0 heterocycles. The third-order valence-corrected chi connectivity index (χ3v) is 2.77. The number of carbonyl (C=O) groups is 1. The summed E-state index contributed by atoms with van der Waals surface area (Å²) in [6, 6.07) is 0.133. The topological polar surface area (TPSA) is 38.3 Å². The summed E-state index contributed by atoms with van der Waals surface area (Å²) in [7, 11) is 1.65. The van der Waals surface area contributed by atoms with E-state index in [1.807, 2.05) is 6.92 Å². The van der Waals surface area contributed by atoms with Crippen LogP contribution >= 0.6 is 0 Å². The molecule has 0 aromatic rings. The molecule has 0 aromatic carbocycles. The first-order chi connectivity index (χ1) is 6.72. The van der Waals surface area contributed by atoms with Crippen molar-refractivity contribution in [2.45, 2.75) is 45.1 Å². The third-order valence-electron chi connectivity index (χ3n) is 2.77. The van der Waals surface area contributed by atoms with E-state index in [9.17, 15) is 4.79 Å². The molecule has 0 bridgehead atoms. The smallest absolute Gasteiger partial charge is 0.220 e. The highest BCUT2D eigenvalue weighted by Gasteiger charge is 2.18. The fourth-order valence-corrected chi connectivity index (χ4v) is 2.10. The molecule has 1 fully saturated rings. The van der Waals surface area contributed by atoms with E-state index >= 15 is 0 Å². The van der Waals surface area contributed by atoms with Crippen molar-refractivity contribution in [2.75, 3.05) is 13.7 Å². The van der Waals surface area contributed by atoms with Crippen molar-refractivity contribution in [1.82, 2.24) is 5.32 Å². The van der Waals surface area contributed by atoms with Crippen molar-refractivity contribution >= 4 is 5.91 Å². The number of amides is 1. The maximum atomic E-state index is 11.5. The summed E-state index contributed by atoms with van der Waals surface area (Å²) < 4.78 is 4.96. The van der Waals surface area contributed by atoms with Gasteiger partial charge in [0.2, 0.25) is 5.91 Å². The predicted octanol–water partition coefficient (Wildman–Crippen LogP) is 1.72. The van der Waals surface area contributed by atoms with E-state index in [-0.39, 0.29) is 11.9 Å². The van der Waals surface area contributed by atoms with Crippen LogP contribution < -0.4 is 5.32 Å². The molecule has 1 aliphatic rings. The lowest BCUT2D eigenvalue weighted by Crippen LogP contribution is -2.36. The summed E-state index contributed by atoms with van der Waals surface area (Å²) in [5.41, 5.74) is 0. The Bertz CT molecular complexity index is 176. The molecule has 82 valence electrons. The van der Waals surface area contributed by atoms with Gasteiger partial charge in [-0.1, -0.05) is 12.8 Å². The maximum Gasteiger partial charge on any atom is 0.220 e. The minimum absolute atomic E-state index is 0.133. The van der Waals surface area contributed by atoms with Crippen LogP contribution in [-0.4, -0.2) is 25.7 Å². The molecule has 1 amide bonds. The number of methoxy groups -OCH3 is 1. The van der Waals surface area contributed by atoms with E-state index in [0.29, 0.717) is 18.9 Å². The molecule has 1 saturated carbocycles. The molecule has 1 atom stereocenters. The van der Waals surface area contributed by atoms with E-state index in [4.69, 9.17) is 4.74 Å². The van der Waals surface area contributed by atoms with Crippen LogP contribution in [0, 0.1) is 5.92 Å². The normalized spacial score (nSPS) is 19.6. The Morgan fingerprint density at radius 1 is 1.50 bits per heavy atom. The van der Waals surface area contributed by atoms with Crippen LogP contribution in [0.1, 0.15) is 39.0 Å². The Morgan fingerprint density at radius 2 is 2.14 bits per heavy atom. The Labute approximate surface area is 86.2 Å². The van der Waals surface area contributed by atoms with Crippen molar-refractivity contribution in [1.29, 1.82) is 0 Å². The van der Waals surface area contributed by atoms with Gasteiger partial charge < -0.3 is 10.1 Å². The number of hydrogen-bond acceptors (Lipinski definition) is 2. The van der Waals surface area contributed by atoms with Crippen molar-refractivity contribution in [3.63, 3.8) is 0 Å². The average molecular weight is 199 g/mol. The van der Waals surface area contributed by atoms with Crippen molar-refractivity contribution in [3.05, 3.63) is 0 Å². The van der Waals surface area contributed by atoms with Crippen LogP contribution in [0.5, 0.6) is 0 Å². The summed E-state index contributed by atoms with van der Waals surface area (Å²) in [6.07, 6.45) is 5.75. The Kier molecular flexibility index (Phi) is 4.94. The van der Waals surface area contributed by atoms with Gasteiger partial charge in [-0.05, 0) is 25.7 Å². The monoisotopic (exact) mass is 199 g/mol. The van der Waals surface area contributed by atoms with Crippen molar-refractivity contribution < 1.29 is 9.53 Å². The Hall–Kier alpha value is -0.570. The molecule has 1 N–H and O–H groups in total. The third kappa shape index (κ3) is 4.09. The predicted molar refractivity (Wildman–Crippen MR) is 56.1 cm³/mol. The van der Waals surface area contributed by atoms with Crippen LogP contribution in [0.2, 0.25) is 0 Å². The maximum absolute atomic E-state index is 11.5. The lowest BCUT2D eigenvalue weighted by atomic mass is 10.0. The van der Waals surface area contributed by atoms with Gasteiger partial charge in [-0.15, -0.1) is 0 Å². The first kappa shape index (κ1) is 11.5. The fourth-order valence-electron chi connectivity index (χ4n) is 2.10. The van der Waals surface area contributed by atoms with E-state index in [1.165, 1.54) is 25.7 Å². The second kappa shape index (κ2) is 6.02. The fraction of sp³-hybridized carbons (Fsp3) is 0.909.